The van der Waals surface area contributed by atoms with Crippen molar-refractivity contribution in [1.29, 1.82) is 0 Å². The molecule has 44 heavy (non-hydrogen) atoms. The zero-order chi connectivity index (χ0) is 30.2. The Kier molecular flexibility index (Phi) is 7.66. The van der Waals surface area contributed by atoms with Gasteiger partial charge in [0, 0.05) is 59.1 Å². The van der Waals surface area contributed by atoms with E-state index in [9.17, 15) is 4.79 Å². The maximum absolute atomic E-state index is 14.1. The molecule has 1 saturated heterocycles. The molecule has 11 nitrogen and oxygen atoms in total. The van der Waals surface area contributed by atoms with Crippen LogP contribution in [0.15, 0.2) is 65.3 Å². The summed E-state index contributed by atoms with van der Waals surface area (Å²) >= 11 is 3.04. The third-order valence-corrected chi connectivity index (χ3v) is 9.39. The zero-order valence-electron chi connectivity index (χ0n) is 24.6. The summed E-state index contributed by atoms with van der Waals surface area (Å²) in [6, 6.07) is 9.65. The maximum Gasteiger partial charge on any atom is 0.262 e. The second-order valence-corrected chi connectivity index (χ2v) is 13.2. The average Bonchev–Trinajstić information content (AvgIpc) is 3.77. The number of ether oxygens (including phenoxy) is 1. The zero-order valence-corrected chi connectivity index (χ0v) is 26.2. The lowest BCUT2D eigenvalue weighted by molar-refractivity contribution is 0.104. The fourth-order valence-corrected chi connectivity index (χ4v) is 6.96. The third kappa shape index (κ3) is 5.85. The molecule has 1 aliphatic rings. The van der Waals surface area contributed by atoms with Crippen LogP contribution in [0, 0.1) is 6.92 Å². The lowest BCUT2D eigenvalue weighted by Crippen LogP contribution is -2.38. The van der Waals surface area contributed by atoms with E-state index in [0.717, 1.165) is 63.2 Å². The number of fused-ring (bicyclic) bond motifs is 1. The Labute approximate surface area is 261 Å². The van der Waals surface area contributed by atoms with Crippen molar-refractivity contribution >= 4 is 45.3 Å². The molecule has 224 valence electrons. The summed E-state index contributed by atoms with van der Waals surface area (Å²) in [6.45, 7) is 4.32. The van der Waals surface area contributed by atoms with Crippen LogP contribution >= 0.6 is 22.7 Å². The Bertz CT molecular complexity index is 1980. The molecule has 1 fully saturated rings. The van der Waals surface area contributed by atoms with Gasteiger partial charge in [-0.1, -0.05) is 0 Å². The summed E-state index contributed by atoms with van der Waals surface area (Å²) in [7, 11) is 4.00. The van der Waals surface area contributed by atoms with Crippen LogP contribution in [0.1, 0.15) is 22.7 Å². The number of piperidine rings is 1. The van der Waals surface area contributed by atoms with Crippen molar-refractivity contribution in [3.05, 3.63) is 80.7 Å². The molecule has 0 aliphatic carbocycles. The fraction of sp³-hybridized carbons (Fsp3) is 0.290. The molecule has 0 bridgehead atoms. The molecule has 1 aliphatic heterocycles. The van der Waals surface area contributed by atoms with E-state index in [2.05, 4.69) is 32.3 Å². The molecule has 6 aromatic rings. The number of aryl methyl sites for hydroxylation is 2. The number of nitrogens with zero attached hydrogens (tertiary/aromatic N) is 8. The normalized spacial score (nSPS) is 15.6. The van der Waals surface area contributed by atoms with Gasteiger partial charge in [0.1, 0.15) is 27.5 Å². The minimum absolute atomic E-state index is 0.182. The van der Waals surface area contributed by atoms with E-state index in [1.807, 2.05) is 55.9 Å². The standard InChI is InChI=1S/C31H31N9O2S2/c1-19-27(36-29(44-19)21-15-34-39(3)16-21)25-13-20-14-33-31(37-28(20)40(30(25)41)18-26-32-10-12-43-26)35-22-6-8-23(9-7-22)42-24-5-4-11-38(2)17-24/h6-10,12-16,24H,4-5,11,17-18H2,1-3H3,(H,33,35,37). The fourth-order valence-electron chi connectivity index (χ4n) is 5.46. The summed E-state index contributed by atoms with van der Waals surface area (Å²) in [5.41, 5.74) is 3.23. The number of pyridine rings is 1. The minimum Gasteiger partial charge on any atom is -0.489 e. The molecule has 0 amide bonds. The van der Waals surface area contributed by atoms with Crippen molar-refractivity contribution in [2.45, 2.75) is 32.4 Å². The number of thiazole rings is 2. The lowest BCUT2D eigenvalue weighted by atomic mass is 10.1. The van der Waals surface area contributed by atoms with Crippen molar-refractivity contribution in [1.82, 2.24) is 39.2 Å². The molecular weight excluding hydrogens is 595 g/mol. The second-order valence-electron chi connectivity index (χ2n) is 11.0. The molecule has 0 saturated carbocycles. The van der Waals surface area contributed by atoms with Gasteiger partial charge < -0.3 is 15.0 Å². The van der Waals surface area contributed by atoms with Crippen LogP contribution in [0.3, 0.4) is 0 Å². The first-order valence-corrected chi connectivity index (χ1v) is 16.1. The van der Waals surface area contributed by atoms with E-state index in [-0.39, 0.29) is 11.7 Å². The van der Waals surface area contributed by atoms with E-state index in [1.165, 1.54) is 11.3 Å². The lowest BCUT2D eigenvalue weighted by Gasteiger charge is -2.30. The quantitative estimate of drug-likeness (QED) is 0.239. The van der Waals surface area contributed by atoms with Gasteiger partial charge >= 0.3 is 0 Å². The maximum atomic E-state index is 14.1. The van der Waals surface area contributed by atoms with Gasteiger partial charge in [0.25, 0.3) is 5.56 Å². The van der Waals surface area contributed by atoms with Gasteiger partial charge in [-0.2, -0.15) is 10.1 Å². The van der Waals surface area contributed by atoms with Crippen molar-refractivity contribution in [2.24, 2.45) is 7.05 Å². The smallest absolute Gasteiger partial charge is 0.262 e. The number of hydrogen-bond acceptors (Lipinski definition) is 11. The van der Waals surface area contributed by atoms with Gasteiger partial charge in [0.15, 0.2) is 0 Å². The van der Waals surface area contributed by atoms with Crippen molar-refractivity contribution in [3.8, 4) is 27.6 Å². The summed E-state index contributed by atoms with van der Waals surface area (Å²) in [4.78, 5) is 36.0. The molecule has 6 heterocycles. The molecule has 1 atom stereocenters. The highest BCUT2D eigenvalue weighted by Gasteiger charge is 2.21. The van der Waals surface area contributed by atoms with Crippen LogP contribution in [0.25, 0.3) is 32.9 Å². The van der Waals surface area contributed by atoms with Crippen molar-refractivity contribution in [3.63, 3.8) is 0 Å². The predicted octanol–water partition coefficient (Wildman–Crippen LogP) is 5.35. The molecule has 13 heteroatoms. The Balaban J connectivity index is 1.21. The van der Waals surface area contributed by atoms with Gasteiger partial charge in [-0.25, -0.2) is 15.0 Å². The van der Waals surface area contributed by atoms with E-state index < -0.39 is 0 Å². The number of likely N-dealkylation sites (tertiary alicyclic amines) is 1. The van der Waals surface area contributed by atoms with Crippen LogP contribution in [0.4, 0.5) is 11.6 Å². The number of benzene rings is 1. The van der Waals surface area contributed by atoms with Crippen LogP contribution in [-0.2, 0) is 13.6 Å². The number of nitrogens with one attached hydrogen (secondary N) is 1. The number of hydrogen-bond donors (Lipinski definition) is 1. The van der Waals surface area contributed by atoms with Gasteiger partial charge in [-0.3, -0.25) is 14.0 Å². The van der Waals surface area contributed by atoms with E-state index in [1.54, 1.807) is 39.2 Å². The molecule has 5 aromatic heterocycles. The largest absolute Gasteiger partial charge is 0.489 e. The first-order chi connectivity index (χ1) is 21.4. The van der Waals surface area contributed by atoms with Crippen LogP contribution in [0.5, 0.6) is 5.75 Å². The van der Waals surface area contributed by atoms with E-state index in [4.69, 9.17) is 14.7 Å². The molecule has 1 N–H and O–H groups in total. The Hall–Kier alpha value is -4.46. The Morgan fingerprint density at radius 3 is 2.73 bits per heavy atom. The first-order valence-electron chi connectivity index (χ1n) is 14.4. The number of anilines is 2. The molecule has 1 unspecified atom stereocenters. The molecule has 0 spiro atoms. The highest BCUT2D eigenvalue weighted by molar-refractivity contribution is 7.15. The predicted molar refractivity (Wildman–Crippen MR) is 174 cm³/mol. The number of rotatable bonds is 8. The summed E-state index contributed by atoms with van der Waals surface area (Å²) in [5, 5.41) is 11.8. The second kappa shape index (κ2) is 11.9. The molecule has 0 radical (unpaired) electrons. The van der Waals surface area contributed by atoms with E-state index >= 15 is 0 Å². The van der Waals surface area contributed by atoms with Crippen molar-refractivity contribution < 1.29 is 4.74 Å². The molecule has 1 aromatic carbocycles. The topological polar surface area (TPSA) is 116 Å². The summed E-state index contributed by atoms with van der Waals surface area (Å²) in [6.07, 6.45) is 9.59. The van der Waals surface area contributed by atoms with Gasteiger partial charge in [0.05, 0.1) is 24.0 Å². The highest BCUT2D eigenvalue weighted by Crippen LogP contribution is 2.33. The number of likely N-dealkylation sites (N-methyl/N-ethyl adjacent to an activating group) is 1. The SMILES string of the molecule is Cc1sc(-c2cnn(C)c2)nc1-c1cc2cnc(Nc3ccc(OC4CCCN(C)C4)cc3)nc2n(Cc2nccs2)c1=O. The van der Waals surface area contributed by atoms with Gasteiger partial charge in [-0.15, -0.1) is 22.7 Å². The van der Waals surface area contributed by atoms with E-state index in [0.29, 0.717) is 29.4 Å². The van der Waals surface area contributed by atoms with Crippen LogP contribution < -0.4 is 15.6 Å². The van der Waals surface area contributed by atoms with Crippen LogP contribution in [-0.4, -0.2) is 65.4 Å². The minimum atomic E-state index is -0.182. The Morgan fingerprint density at radius 1 is 1.11 bits per heavy atom. The summed E-state index contributed by atoms with van der Waals surface area (Å²) in [5.74, 6) is 1.23. The average molecular weight is 626 g/mol. The molecular formula is C31H31N9O2S2. The Morgan fingerprint density at radius 2 is 1.98 bits per heavy atom. The molecule has 7 rings (SSSR count). The van der Waals surface area contributed by atoms with Gasteiger partial charge in [-0.05, 0) is 63.7 Å². The third-order valence-electron chi connectivity index (χ3n) is 7.60. The first kappa shape index (κ1) is 28.3. The van der Waals surface area contributed by atoms with Crippen LogP contribution in [0.2, 0.25) is 0 Å². The monoisotopic (exact) mass is 625 g/mol. The van der Waals surface area contributed by atoms with Crippen molar-refractivity contribution in [2.75, 3.05) is 25.5 Å². The number of aromatic nitrogens is 7. The van der Waals surface area contributed by atoms with Gasteiger partial charge in [0.2, 0.25) is 5.95 Å². The highest BCUT2D eigenvalue weighted by atomic mass is 32.1. The summed E-state index contributed by atoms with van der Waals surface area (Å²) < 4.78 is 9.60.